The van der Waals surface area contributed by atoms with E-state index in [2.05, 4.69) is 31.2 Å². The van der Waals surface area contributed by atoms with Gasteiger partial charge in [-0.3, -0.25) is 4.79 Å². The first kappa shape index (κ1) is 18.7. The summed E-state index contributed by atoms with van der Waals surface area (Å²) in [4.78, 5) is 19.0. The highest BCUT2D eigenvalue weighted by atomic mass is 79.9. The summed E-state index contributed by atoms with van der Waals surface area (Å²) in [6.07, 6.45) is -4.59. The molecule has 2 aromatic rings. The van der Waals surface area contributed by atoms with Gasteiger partial charge in [0.15, 0.2) is 5.16 Å². The molecule has 1 amide bonds. The number of rotatable bonds is 4. The van der Waals surface area contributed by atoms with E-state index in [1.807, 2.05) is 0 Å². The maximum atomic E-state index is 13.6. The van der Waals surface area contributed by atoms with E-state index < -0.39 is 23.6 Å². The normalized spacial score (nSPS) is 11.4. The number of carbonyl (C=O) groups excluding carboxylic acids is 1. The van der Waals surface area contributed by atoms with Gasteiger partial charge in [0.2, 0.25) is 5.91 Å². The summed E-state index contributed by atoms with van der Waals surface area (Å²) >= 11 is 3.82. The minimum absolute atomic E-state index is 0.0232. The molecular weight excluding hydrogens is 414 g/mol. The van der Waals surface area contributed by atoms with Crippen LogP contribution in [0.4, 0.5) is 23.2 Å². The Hall–Kier alpha value is -1.68. The second kappa shape index (κ2) is 7.47. The molecule has 0 aliphatic heterocycles. The zero-order valence-corrected chi connectivity index (χ0v) is 14.5. The zero-order valence-electron chi connectivity index (χ0n) is 12.1. The van der Waals surface area contributed by atoms with Gasteiger partial charge in [-0.1, -0.05) is 27.7 Å². The second-order valence-corrected chi connectivity index (χ2v) is 6.49. The summed E-state index contributed by atoms with van der Waals surface area (Å²) in [5.74, 6) is -1.47. The molecule has 1 aromatic carbocycles. The lowest BCUT2D eigenvalue weighted by Crippen LogP contribution is -2.16. The molecule has 4 nitrogen and oxygen atoms in total. The first-order valence-corrected chi connectivity index (χ1v) is 8.23. The van der Waals surface area contributed by atoms with Crippen molar-refractivity contribution in [2.45, 2.75) is 18.3 Å². The first-order chi connectivity index (χ1) is 11.1. The molecule has 1 heterocycles. The van der Waals surface area contributed by atoms with Gasteiger partial charge in [0.25, 0.3) is 0 Å². The number of nitrogens with zero attached hydrogens (tertiary/aromatic N) is 2. The molecule has 0 unspecified atom stereocenters. The van der Waals surface area contributed by atoms with Crippen molar-refractivity contribution in [3.05, 3.63) is 45.9 Å². The summed E-state index contributed by atoms with van der Waals surface area (Å²) in [5, 5.41) is 2.16. The fourth-order valence-electron chi connectivity index (χ4n) is 1.66. The molecule has 0 fully saturated rings. The molecule has 1 aromatic heterocycles. The molecule has 0 aliphatic rings. The standard InChI is InChI=1S/C14H10BrF4N3OS/c1-7-4-11(14(17,18)19)22-13(20-7)24-6-12(23)21-10-3-2-8(15)5-9(10)16/h2-5H,6H2,1H3,(H,21,23). The predicted molar refractivity (Wildman–Crippen MR) is 85.2 cm³/mol. The third-order valence-electron chi connectivity index (χ3n) is 2.66. The van der Waals surface area contributed by atoms with Crippen molar-refractivity contribution in [3.63, 3.8) is 0 Å². The average molecular weight is 424 g/mol. The minimum Gasteiger partial charge on any atom is -0.323 e. The Labute approximate surface area is 147 Å². The highest BCUT2D eigenvalue weighted by Crippen LogP contribution is 2.29. The molecule has 0 atom stereocenters. The molecule has 2 rings (SSSR count). The number of nitrogens with one attached hydrogen (secondary N) is 1. The topological polar surface area (TPSA) is 54.9 Å². The van der Waals surface area contributed by atoms with Gasteiger partial charge in [0, 0.05) is 10.2 Å². The van der Waals surface area contributed by atoms with Gasteiger partial charge in [0.1, 0.15) is 11.5 Å². The molecule has 0 radical (unpaired) electrons. The fourth-order valence-corrected chi connectivity index (χ4v) is 2.70. The molecule has 0 spiro atoms. The maximum absolute atomic E-state index is 13.6. The van der Waals surface area contributed by atoms with Crippen molar-refractivity contribution in [3.8, 4) is 0 Å². The van der Waals surface area contributed by atoms with E-state index in [1.165, 1.54) is 19.1 Å². The number of anilines is 1. The van der Waals surface area contributed by atoms with Crippen LogP contribution in [0.2, 0.25) is 0 Å². The molecule has 1 N–H and O–H groups in total. The lowest BCUT2D eigenvalue weighted by atomic mass is 10.3. The van der Waals surface area contributed by atoms with Crippen LogP contribution in [0, 0.1) is 12.7 Å². The van der Waals surface area contributed by atoms with Crippen LogP contribution in [0.1, 0.15) is 11.4 Å². The van der Waals surface area contributed by atoms with Crippen LogP contribution in [0.3, 0.4) is 0 Å². The third-order valence-corrected chi connectivity index (χ3v) is 4.00. The lowest BCUT2D eigenvalue weighted by molar-refractivity contribution is -0.141. The Kier molecular flexibility index (Phi) is 5.81. The number of aryl methyl sites for hydroxylation is 1. The summed E-state index contributed by atoms with van der Waals surface area (Å²) in [6, 6.07) is 4.92. The number of amides is 1. The van der Waals surface area contributed by atoms with Gasteiger partial charge < -0.3 is 5.32 Å². The van der Waals surface area contributed by atoms with Crippen molar-refractivity contribution in [2.24, 2.45) is 0 Å². The summed E-state index contributed by atoms with van der Waals surface area (Å²) in [6.45, 7) is 1.40. The highest BCUT2D eigenvalue weighted by Gasteiger charge is 2.33. The van der Waals surface area contributed by atoms with Crippen LogP contribution >= 0.6 is 27.7 Å². The van der Waals surface area contributed by atoms with E-state index in [0.29, 0.717) is 4.47 Å². The minimum atomic E-state index is -4.59. The second-order valence-electron chi connectivity index (χ2n) is 4.64. The Morgan fingerprint density at radius 1 is 1.29 bits per heavy atom. The largest absolute Gasteiger partial charge is 0.433 e. The number of aromatic nitrogens is 2. The third kappa shape index (κ3) is 5.17. The monoisotopic (exact) mass is 423 g/mol. The van der Waals surface area contributed by atoms with E-state index in [-0.39, 0.29) is 22.3 Å². The van der Waals surface area contributed by atoms with Crippen LogP contribution in [-0.4, -0.2) is 21.6 Å². The summed E-state index contributed by atoms with van der Waals surface area (Å²) < 4.78 is 52.2. The molecule has 24 heavy (non-hydrogen) atoms. The van der Waals surface area contributed by atoms with Crippen molar-refractivity contribution < 1.29 is 22.4 Å². The van der Waals surface area contributed by atoms with E-state index in [0.717, 1.165) is 17.8 Å². The van der Waals surface area contributed by atoms with Gasteiger partial charge in [-0.2, -0.15) is 13.2 Å². The number of thioether (sulfide) groups is 1. The average Bonchev–Trinajstić information content (AvgIpc) is 2.47. The van der Waals surface area contributed by atoms with Crippen molar-refractivity contribution in [1.82, 2.24) is 9.97 Å². The number of benzene rings is 1. The quantitative estimate of drug-likeness (QED) is 0.448. The Morgan fingerprint density at radius 2 is 2.00 bits per heavy atom. The van der Waals surface area contributed by atoms with E-state index in [1.54, 1.807) is 6.07 Å². The van der Waals surface area contributed by atoms with Crippen LogP contribution in [-0.2, 0) is 11.0 Å². The lowest BCUT2D eigenvalue weighted by Gasteiger charge is -2.09. The molecule has 0 saturated carbocycles. The van der Waals surface area contributed by atoms with Crippen LogP contribution < -0.4 is 5.32 Å². The van der Waals surface area contributed by atoms with Gasteiger partial charge >= 0.3 is 6.18 Å². The Balaban J connectivity index is 2.02. The first-order valence-electron chi connectivity index (χ1n) is 6.46. The maximum Gasteiger partial charge on any atom is 0.433 e. The van der Waals surface area contributed by atoms with Crippen LogP contribution in [0.15, 0.2) is 33.9 Å². The van der Waals surface area contributed by atoms with E-state index >= 15 is 0 Å². The Morgan fingerprint density at radius 3 is 2.62 bits per heavy atom. The van der Waals surface area contributed by atoms with Gasteiger partial charge in [-0.15, -0.1) is 0 Å². The molecule has 10 heteroatoms. The summed E-state index contributed by atoms with van der Waals surface area (Å²) in [7, 11) is 0. The van der Waals surface area contributed by atoms with Crippen molar-refractivity contribution >= 4 is 39.3 Å². The fraction of sp³-hybridized carbons (Fsp3) is 0.214. The van der Waals surface area contributed by atoms with E-state index in [4.69, 9.17) is 0 Å². The highest BCUT2D eigenvalue weighted by molar-refractivity contribution is 9.10. The predicted octanol–water partition coefficient (Wildman–Crippen LogP) is 4.44. The number of halogens is 5. The van der Waals surface area contributed by atoms with Crippen LogP contribution in [0.5, 0.6) is 0 Å². The van der Waals surface area contributed by atoms with Gasteiger partial charge in [0.05, 0.1) is 11.4 Å². The number of alkyl halides is 3. The smallest absolute Gasteiger partial charge is 0.323 e. The molecule has 128 valence electrons. The van der Waals surface area contributed by atoms with Crippen LogP contribution in [0.25, 0.3) is 0 Å². The number of hydrogen-bond acceptors (Lipinski definition) is 4. The SMILES string of the molecule is Cc1cc(C(F)(F)F)nc(SCC(=O)Nc2ccc(Br)cc2F)n1. The number of carbonyl (C=O) groups is 1. The molecule has 0 aliphatic carbocycles. The van der Waals surface area contributed by atoms with Gasteiger partial charge in [-0.25, -0.2) is 14.4 Å². The number of hydrogen-bond donors (Lipinski definition) is 1. The zero-order chi connectivity index (χ0) is 17.9. The Bertz CT molecular complexity index is 770. The molecule has 0 saturated heterocycles. The molecular formula is C14H10BrF4N3OS. The van der Waals surface area contributed by atoms with Crippen molar-refractivity contribution in [2.75, 3.05) is 11.1 Å². The van der Waals surface area contributed by atoms with Crippen molar-refractivity contribution in [1.29, 1.82) is 0 Å². The molecule has 0 bridgehead atoms. The van der Waals surface area contributed by atoms with E-state index in [9.17, 15) is 22.4 Å². The summed E-state index contributed by atoms with van der Waals surface area (Å²) in [5.41, 5.74) is -0.957. The van der Waals surface area contributed by atoms with Gasteiger partial charge in [-0.05, 0) is 31.2 Å².